The molecule has 0 radical (unpaired) electrons. The fraction of sp³-hybridized carbons (Fsp3) is 0.192. The Morgan fingerprint density at radius 1 is 0.941 bits per heavy atom. The Hall–Kier alpha value is -3.62. The van der Waals surface area contributed by atoms with Crippen LogP contribution in [0.4, 0.5) is 5.69 Å². The van der Waals surface area contributed by atoms with Gasteiger partial charge in [-0.3, -0.25) is 4.79 Å². The van der Waals surface area contributed by atoms with Gasteiger partial charge in [0, 0.05) is 29.7 Å². The van der Waals surface area contributed by atoms with Crippen LogP contribution in [0.3, 0.4) is 0 Å². The van der Waals surface area contributed by atoms with Gasteiger partial charge < -0.3 is 14.5 Å². The summed E-state index contributed by atoms with van der Waals surface area (Å²) in [5.41, 5.74) is 1.61. The van der Waals surface area contributed by atoms with Gasteiger partial charge in [-0.05, 0) is 61.5 Å². The molecule has 4 rings (SSSR count). The van der Waals surface area contributed by atoms with Gasteiger partial charge >= 0.3 is 0 Å². The Bertz CT molecular complexity index is 1410. The van der Waals surface area contributed by atoms with Gasteiger partial charge in [-0.2, -0.15) is 4.31 Å². The van der Waals surface area contributed by atoms with E-state index in [0.717, 1.165) is 5.75 Å². The molecular formula is C26H26N2O5S. The average Bonchev–Trinajstić information content (AvgIpc) is 3.17. The van der Waals surface area contributed by atoms with E-state index in [1.165, 1.54) is 10.4 Å². The van der Waals surface area contributed by atoms with Crippen LogP contribution >= 0.6 is 0 Å². The molecule has 0 unspecified atom stereocenters. The molecule has 0 atom stereocenters. The van der Waals surface area contributed by atoms with E-state index in [9.17, 15) is 13.2 Å². The Morgan fingerprint density at radius 3 is 2.24 bits per heavy atom. The van der Waals surface area contributed by atoms with Crippen molar-refractivity contribution >= 4 is 32.6 Å². The van der Waals surface area contributed by atoms with Crippen molar-refractivity contribution in [1.82, 2.24) is 4.31 Å². The number of amides is 1. The monoisotopic (exact) mass is 478 g/mol. The van der Waals surface area contributed by atoms with E-state index in [-0.39, 0.29) is 10.7 Å². The van der Waals surface area contributed by atoms with Crippen LogP contribution in [-0.2, 0) is 10.0 Å². The lowest BCUT2D eigenvalue weighted by Crippen LogP contribution is -2.30. The Morgan fingerprint density at radius 2 is 1.59 bits per heavy atom. The van der Waals surface area contributed by atoms with Crippen molar-refractivity contribution in [3.63, 3.8) is 0 Å². The fourth-order valence-corrected chi connectivity index (χ4v) is 5.19. The first-order chi connectivity index (χ1) is 16.3. The van der Waals surface area contributed by atoms with Crippen LogP contribution < -0.4 is 10.1 Å². The molecule has 1 heterocycles. The summed E-state index contributed by atoms with van der Waals surface area (Å²) in [6.45, 7) is 6.09. The zero-order chi connectivity index (χ0) is 24.3. The topological polar surface area (TPSA) is 88.9 Å². The second-order valence-electron chi connectivity index (χ2n) is 7.70. The van der Waals surface area contributed by atoms with Gasteiger partial charge in [0.1, 0.15) is 17.1 Å². The van der Waals surface area contributed by atoms with Gasteiger partial charge in [0.2, 0.25) is 10.0 Å². The van der Waals surface area contributed by atoms with Gasteiger partial charge in [-0.1, -0.05) is 32.0 Å². The molecule has 0 saturated carbocycles. The molecule has 7 nitrogen and oxygen atoms in total. The number of hydrogen-bond acceptors (Lipinski definition) is 5. The predicted octanol–water partition coefficient (Wildman–Crippen LogP) is 5.82. The number of nitrogens with one attached hydrogen (secondary N) is 1. The number of anilines is 1. The van der Waals surface area contributed by atoms with E-state index in [1.54, 1.807) is 57.2 Å². The molecule has 0 spiro atoms. The summed E-state index contributed by atoms with van der Waals surface area (Å²) < 4.78 is 38.7. The first-order valence-corrected chi connectivity index (χ1v) is 12.4. The van der Waals surface area contributed by atoms with E-state index in [2.05, 4.69) is 5.32 Å². The summed E-state index contributed by atoms with van der Waals surface area (Å²) in [5, 5.41) is 3.41. The van der Waals surface area contributed by atoms with Crippen molar-refractivity contribution in [3.05, 3.63) is 84.1 Å². The zero-order valence-electron chi connectivity index (χ0n) is 19.2. The molecule has 0 saturated heterocycles. The lowest BCUT2D eigenvalue weighted by atomic mass is 10.1. The molecule has 34 heavy (non-hydrogen) atoms. The molecule has 0 aliphatic rings. The minimum atomic E-state index is -3.62. The van der Waals surface area contributed by atoms with Crippen molar-refractivity contribution in [3.8, 4) is 11.5 Å². The quantitative estimate of drug-likeness (QED) is 0.345. The molecule has 8 heteroatoms. The minimum absolute atomic E-state index is 0.136. The largest absolute Gasteiger partial charge is 0.457 e. The minimum Gasteiger partial charge on any atom is -0.457 e. The highest BCUT2D eigenvalue weighted by atomic mass is 32.2. The number of fused-ring (bicyclic) bond motifs is 1. The molecule has 1 amide bonds. The highest BCUT2D eigenvalue weighted by Gasteiger charge is 2.24. The van der Waals surface area contributed by atoms with Crippen molar-refractivity contribution < 1.29 is 22.4 Å². The summed E-state index contributed by atoms with van der Waals surface area (Å²) in [7, 11) is -3.62. The molecule has 3 aromatic carbocycles. The molecule has 1 aromatic heterocycles. The number of ether oxygens (including phenoxy) is 1. The summed E-state index contributed by atoms with van der Waals surface area (Å²) in [6, 6.07) is 21.1. The smallest absolute Gasteiger partial charge is 0.291 e. The van der Waals surface area contributed by atoms with Gasteiger partial charge in [-0.25, -0.2) is 8.42 Å². The lowest BCUT2D eigenvalue weighted by Gasteiger charge is -2.18. The van der Waals surface area contributed by atoms with Crippen molar-refractivity contribution in [2.24, 2.45) is 0 Å². The number of carbonyl (C=O) groups is 1. The Balaban J connectivity index is 1.54. The molecule has 0 bridgehead atoms. The first-order valence-electron chi connectivity index (χ1n) is 11.0. The zero-order valence-corrected chi connectivity index (χ0v) is 20.1. The summed E-state index contributed by atoms with van der Waals surface area (Å²) in [5.74, 6) is 1.08. The number of benzene rings is 3. The van der Waals surface area contributed by atoms with Gasteiger partial charge in [0.25, 0.3) is 5.91 Å². The van der Waals surface area contributed by atoms with Crippen LogP contribution in [0, 0.1) is 6.92 Å². The molecule has 0 fully saturated rings. The number of aryl methyl sites for hydroxylation is 1. The summed E-state index contributed by atoms with van der Waals surface area (Å²) in [4.78, 5) is 13.1. The van der Waals surface area contributed by atoms with E-state index >= 15 is 0 Å². The molecular weight excluding hydrogens is 452 g/mol. The Labute approximate surface area is 199 Å². The second kappa shape index (κ2) is 9.70. The normalized spacial score (nSPS) is 11.6. The highest BCUT2D eigenvalue weighted by molar-refractivity contribution is 7.89. The van der Waals surface area contributed by atoms with E-state index in [1.807, 2.05) is 30.3 Å². The van der Waals surface area contributed by atoms with Crippen molar-refractivity contribution in [2.45, 2.75) is 25.7 Å². The molecule has 0 aliphatic carbocycles. The second-order valence-corrected chi connectivity index (χ2v) is 9.64. The van der Waals surface area contributed by atoms with Crippen LogP contribution in [0.1, 0.15) is 30.0 Å². The number of para-hydroxylation sites is 1. The third kappa shape index (κ3) is 4.69. The number of furan rings is 1. The van der Waals surface area contributed by atoms with Crippen molar-refractivity contribution in [1.29, 1.82) is 0 Å². The standard InChI is InChI=1S/C26H26N2O5S/c1-4-28(5-2)34(30,31)22-15-16-24-23(17-22)18(3)25(33-24)26(29)27-19-11-13-21(14-12-19)32-20-9-7-6-8-10-20/h6-17H,4-5H2,1-3H3,(H,27,29). The SMILES string of the molecule is CCN(CC)S(=O)(=O)c1ccc2oc(C(=O)Nc3ccc(Oc4ccccc4)cc3)c(C)c2c1. The number of rotatable bonds is 8. The van der Waals surface area contributed by atoms with E-state index < -0.39 is 15.9 Å². The molecule has 176 valence electrons. The maximum atomic E-state index is 12.9. The summed E-state index contributed by atoms with van der Waals surface area (Å²) >= 11 is 0. The molecule has 1 N–H and O–H groups in total. The van der Waals surface area contributed by atoms with Crippen LogP contribution in [0.5, 0.6) is 11.5 Å². The van der Waals surface area contributed by atoms with E-state index in [4.69, 9.17) is 9.15 Å². The van der Waals surface area contributed by atoms with Crippen LogP contribution in [-0.4, -0.2) is 31.7 Å². The molecule has 4 aromatic rings. The van der Waals surface area contributed by atoms with Crippen LogP contribution in [0.25, 0.3) is 11.0 Å². The van der Waals surface area contributed by atoms with Crippen LogP contribution in [0.15, 0.2) is 82.1 Å². The maximum absolute atomic E-state index is 12.9. The van der Waals surface area contributed by atoms with Gasteiger partial charge in [0.05, 0.1) is 4.90 Å². The number of hydrogen-bond donors (Lipinski definition) is 1. The third-order valence-electron chi connectivity index (χ3n) is 5.55. The number of nitrogens with zero attached hydrogens (tertiary/aromatic N) is 1. The third-order valence-corrected chi connectivity index (χ3v) is 7.59. The van der Waals surface area contributed by atoms with E-state index in [0.29, 0.717) is 41.1 Å². The Kier molecular flexibility index (Phi) is 6.72. The maximum Gasteiger partial charge on any atom is 0.291 e. The van der Waals surface area contributed by atoms with Gasteiger partial charge in [0.15, 0.2) is 5.76 Å². The van der Waals surface area contributed by atoms with Crippen LogP contribution in [0.2, 0.25) is 0 Å². The summed E-state index contributed by atoms with van der Waals surface area (Å²) in [6.07, 6.45) is 0. The van der Waals surface area contributed by atoms with Gasteiger partial charge in [-0.15, -0.1) is 0 Å². The molecule has 0 aliphatic heterocycles. The predicted molar refractivity (Wildman–Crippen MR) is 132 cm³/mol. The average molecular weight is 479 g/mol. The number of sulfonamides is 1. The first kappa shape index (κ1) is 23.5. The lowest BCUT2D eigenvalue weighted by molar-refractivity contribution is 0.0998. The highest BCUT2D eigenvalue weighted by Crippen LogP contribution is 2.30. The number of carbonyl (C=O) groups excluding carboxylic acids is 1. The van der Waals surface area contributed by atoms with Crippen molar-refractivity contribution in [2.75, 3.05) is 18.4 Å². The fourth-order valence-electron chi connectivity index (χ4n) is 3.71.